The van der Waals surface area contributed by atoms with Crippen molar-refractivity contribution in [2.75, 3.05) is 47.3 Å². The lowest BCUT2D eigenvalue weighted by atomic mass is 10.1. The van der Waals surface area contributed by atoms with Gasteiger partial charge in [0.1, 0.15) is 11.5 Å². The zero-order valence-corrected chi connectivity index (χ0v) is 19.9. The fraction of sp³-hybridized carbons (Fsp3) is 0.208. The number of anilines is 2. The monoisotopic (exact) mass is 509 g/mol. The van der Waals surface area contributed by atoms with Crippen molar-refractivity contribution in [2.45, 2.75) is 0 Å². The van der Waals surface area contributed by atoms with Crippen molar-refractivity contribution in [2.24, 2.45) is 4.99 Å². The summed E-state index contributed by atoms with van der Waals surface area (Å²) in [5.41, 5.74) is 0.919. The van der Waals surface area contributed by atoms with E-state index in [0.29, 0.717) is 37.2 Å². The zero-order chi connectivity index (χ0) is 24.9. The number of nitrogens with one attached hydrogen (secondary N) is 1. The van der Waals surface area contributed by atoms with Crippen LogP contribution in [0.3, 0.4) is 0 Å². The summed E-state index contributed by atoms with van der Waals surface area (Å²) in [6.45, 7) is 2.49. The zero-order valence-electron chi connectivity index (χ0n) is 19.0. The van der Waals surface area contributed by atoms with Gasteiger partial charge in [-0.15, -0.1) is 5.01 Å². The van der Waals surface area contributed by atoms with Crippen LogP contribution in [0.5, 0.6) is 0 Å². The molecule has 0 radical (unpaired) electrons. The number of nitrogens with zero attached hydrogens (tertiary/aromatic N) is 5. The number of para-hydroxylation sites is 1. The average Bonchev–Trinajstić information content (AvgIpc) is 3.49. The highest BCUT2D eigenvalue weighted by molar-refractivity contribution is 8.14. The topological polar surface area (TPSA) is 104 Å². The Morgan fingerprint density at radius 3 is 2.67 bits per heavy atom. The van der Waals surface area contributed by atoms with E-state index in [-0.39, 0.29) is 28.8 Å². The Balaban J connectivity index is 1.30. The standard InChI is InChI=1S/C24H21FN6O4S/c25-19-9-5-4-6-17(19)14-20-23(33)31(18-7-2-1-3-8-18)24(26-20)36-16-21(32)27-22-15-30(28-35-22)29-10-12-34-13-11-29/h1-9,14-15H,10-13,16H2/p+1/b20-14+. The van der Waals surface area contributed by atoms with Gasteiger partial charge in [-0.25, -0.2) is 9.38 Å². The number of morpholine rings is 1. The van der Waals surface area contributed by atoms with E-state index in [2.05, 4.69) is 15.6 Å². The molecule has 3 aromatic rings. The number of benzene rings is 2. The molecule has 3 heterocycles. The molecular formula is C24H22FN6O4S+. The minimum Gasteiger partial charge on any atom is -0.377 e. The van der Waals surface area contributed by atoms with Crippen LogP contribution in [0.1, 0.15) is 5.56 Å². The molecule has 1 saturated heterocycles. The maximum atomic E-state index is 14.2. The molecule has 0 aliphatic carbocycles. The summed E-state index contributed by atoms with van der Waals surface area (Å²) in [4.78, 5) is 33.2. The number of aromatic nitrogens is 2. The molecule has 1 fully saturated rings. The van der Waals surface area contributed by atoms with Crippen LogP contribution in [0.15, 0.2) is 76.0 Å². The summed E-state index contributed by atoms with van der Waals surface area (Å²) in [6.07, 6.45) is 2.98. The number of hydrogen-bond donors (Lipinski definition) is 1. The van der Waals surface area contributed by atoms with Crippen LogP contribution >= 0.6 is 11.8 Å². The Kier molecular flexibility index (Phi) is 7.05. The first-order valence-electron chi connectivity index (χ1n) is 11.2. The lowest BCUT2D eigenvalue weighted by Gasteiger charge is -2.18. The van der Waals surface area contributed by atoms with Crippen molar-refractivity contribution >= 4 is 46.4 Å². The fourth-order valence-corrected chi connectivity index (χ4v) is 4.44. The molecule has 5 rings (SSSR count). The van der Waals surface area contributed by atoms with Gasteiger partial charge in [-0.1, -0.05) is 48.2 Å². The Hall–Kier alpha value is -4.03. The van der Waals surface area contributed by atoms with Crippen LogP contribution in [0.4, 0.5) is 16.0 Å². The molecule has 2 aliphatic rings. The molecule has 2 aliphatic heterocycles. The summed E-state index contributed by atoms with van der Waals surface area (Å²) in [5, 5.41) is 8.82. The van der Waals surface area contributed by atoms with Gasteiger partial charge in [0.05, 0.1) is 42.5 Å². The second kappa shape index (κ2) is 10.7. The SMILES string of the molecule is O=C(CSC1=N/C(=C/c2ccccc2F)C(=O)N1c1ccccc1)Nc1c[n+](N2CCOCC2)no1. The normalized spacial score (nSPS) is 17.0. The largest absolute Gasteiger partial charge is 0.377 e. The predicted octanol–water partition coefficient (Wildman–Crippen LogP) is 2.18. The van der Waals surface area contributed by atoms with Crippen molar-refractivity contribution in [3.63, 3.8) is 0 Å². The highest BCUT2D eigenvalue weighted by atomic mass is 32.2. The summed E-state index contributed by atoms with van der Waals surface area (Å²) >= 11 is 1.08. The number of amidine groups is 1. The van der Waals surface area contributed by atoms with E-state index in [0.717, 1.165) is 11.8 Å². The third kappa shape index (κ3) is 5.29. The van der Waals surface area contributed by atoms with Crippen LogP contribution in [-0.4, -0.2) is 54.3 Å². The van der Waals surface area contributed by atoms with Gasteiger partial charge in [-0.3, -0.25) is 24.3 Å². The number of rotatable bonds is 6. The lowest BCUT2D eigenvalue weighted by molar-refractivity contribution is -0.759. The number of ether oxygens (including phenoxy) is 1. The maximum absolute atomic E-state index is 14.2. The summed E-state index contributed by atoms with van der Waals surface area (Å²) in [7, 11) is 0. The Morgan fingerprint density at radius 2 is 1.89 bits per heavy atom. The van der Waals surface area contributed by atoms with Gasteiger partial charge in [-0.2, -0.15) is 0 Å². The van der Waals surface area contributed by atoms with Gasteiger partial charge in [0, 0.05) is 5.56 Å². The number of carbonyl (C=O) groups excluding carboxylic acids is 2. The van der Waals surface area contributed by atoms with Crippen LogP contribution in [0.2, 0.25) is 0 Å². The molecule has 0 atom stereocenters. The number of hydrogen-bond acceptors (Lipinski definition) is 8. The van der Waals surface area contributed by atoms with Crippen molar-refractivity contribution in [3.8, 4) is 0 Å². The van der Waals surface area contributed by atoms with Crippen LogP contribution < -0.4 is 20.0 Å². The van der Waals surface area contributed by atoms with Crippen molar-refractivity contribution in [1.82, 2.24) is 5.27 Å². The van der Waals surface area contributed by atoms with Crippen LogP contribution in [0.25, 0.3) is 6.08 Å². The number of halogens is 1. The number of amides is 2. The minimum absolute atomic E-state index is 0.0410. The average molecular weight is 510 g/mol. The molecular weight excluding hydrogens is 487 g/mol. The van der Waals surface area contributed by atoms with E-state index in [1.54, 1.807) is 48.7 Å². The Labute approximate surface area is 210 Å². The van der Waals surface area contributed by atoms with E-state index in [1.807, 2.05) is 11.1 Å². The van der Waals surface area contributed by atoms with Gasteiger partial charge >= 0.3 is 5.88 Å². The van der Waals surface area contributed by atoms with Crippen molar-refractivity contribution < 1.29 is 28.0 Å². The molecule has 1 aromatic heterocycles. The number of aliphatic imine (C=N–C) groups is 1. The summed E-state index contributed by atoms with van der Waals surface area (Å²) in [5.74, 6) is -1.08. The molecule has 0 saturated carbocycles. The molecule has 36 heavy (non-hydrogen) atoms. The molecule has 0 spiro atoms. The molecule has 0 bridgehead atoms. The molecule has 10 nitrogen and oxygen atoms in total. The molecule has 2 amide bonds. The Bertz CT molecular complexity index is 1320. The number of thioether (sulfide) groups is 1. The van der Waals surface area contributed by atoms with Gasteiger partial charge in [0.15, 0.2) is 5.17 Å². The molecule has 12 heteroatoms. The van der Waals surface area contributed by atoms with E-state index in [9.17, 15) is 14.0 Å². The molecule has 1 N–H and O–H groups in total. The predicted molar refractivity (Wildman–Crippen MR) is 132 cm³/mol. The van der Waals surface area contributed by atoms with Gasteiger partial charge in [0.25, 0.3) is 12.1 Å². The number of carbonyl (C=O) groups is 2. The first kappa shape index (κ1) is 23.7. The second-order valence-corrected chi connectivity index (χ2v) is 8.75. The summed E-state index contributed by atoms with van der Waals surface area (Å²) < 4.78 is 24.7. The van der Waals surface area contributed by atoms with Crippen LogP contribution in [-0.2, 0) is 14.3 Å². The van der Waals surface area contributed by atoms with E-state index < -0.39 is 11.7 Å². The minimum atomic E-state index is -0.457. The van der Waals surface area contributed by atoms with Gasteiger partial charge in [0.2, 0.25) is 11.2 Å². The van der Waals surface area contributed by atoms with E-state index in [1.165, 1.54) is 21.8 Å². The van der Waals surface area contributed by atoms with Crippen molar-refractivity contribution in [1.29, 1.82) is 0 Å². The second-order valence-electron chi connectivity index (χ2n) is 7.81. The smallest absolute Gasteiger partial charge is 0.305 e. The van der Waals surface area contributed by atoms with Crippen LogP contribution in [0, 0.1) is 5.82 Å². The van der Waals surface area contributed by atoms with E-state index >= 15 is 0 Å². The maximum Gasteiger partial charge on any atom is 0.305 e. The van der Waals surface area contributed by atoms with Crippen molar-refractivity contribution in [3.05, 3.63) is 77.9 Å². The first-order valence-corrected chi connectivity index (χ1v) is 12.2. The highest BCUT2D eigenvalue weighted by Gasteiger charge is 2.32. The quantitative estimate of drug-likeness (QED) is 0.401. The Morgan fingerprint density at radius 1 is 1.14 bits per heavy atom. The molecule has 0 unspecified atom stereocenters. The first-order chi connectivity index (χ1) is 17.6. The molecule has 184 valence electrons. The lowest BCUT2D eigenvalue weighted by Crippen LogP contribution is -2.62. The summed E-state index contributed by atoms with van der Waals surface area (Å²) in [6, 6.07) is 15.1. The third-order valence-corrected chi connectivity index (χ3v) is 6.31. The highest BCUT2D eigenvalue weighted by Crippen LogP contribution is 2.29. The fourth-order valence-electron chi connectivity index (χ4n) is 3.63. The molecule has 2 aromatic carbocycles. The van der Waals surface area contributed by atoms with Gasteiger partial charge < -0.3 is 4.74 Å². The third-order valence-electron chi connectivity index (χ3n) is 5.37. The van der Waals surface area contributed by atoms with Gasteiger partial charge in [-0.05, 0) is 24.3 Å². The van der Waals surface area contributed by atoms with E-state index in [4.69, 9.17) is 9.26 Å².